The molecule has 0 saturated carbocycles. The van der Waals surface area contributed by atoms with Crippen LogP contribution < -0.4 is 5.56 Å². The summed E-state index contributed by atoms with van der Waals surface area (Å²) in [5.74, 6) is 0.332. The molecule has 30 heavy (non-hydrogen) atoms. The normalized spacial score (nSPS) is 11.1. The Hall–Kier alpha value is -4.06. The Bertz CT molecular complexity index is 1450. The second-order valence-electron chi connectivity index (χ2n) is 6.98. The van der Waals surface area contributed by atoms with Gasteiger partial charge in [0.05, 0.1) is 11.3 Å². The van der Waals surface area contributed by atoms with E-state index in [0.29, 0.717) is 27.8 Å². The summed E-state index contributed by atoms with van der Waals surface area (Å²) in [7, 11) is 0. The van der Waals surface area contributed by atoms with Crippen LogP contribution in [0.1, 0.15) is 5.56 Å². The third-order valence-electron chi connectivity index (χ3n) is 5.05. The lowest BCUT2D eigenvalue weighted by molar-refractivity contribution is 0.432. The summed E-state index contributed by atoms with van der Waals surface area (Å²) in [5.41, 5.74) is 2.67. The van der Waals surface area contributed by atoms with Gasteiger partial charge in [-0.2, -0.15) is 4.98 Å². The van der Waals surface area contributed by atoms with Gasteiger partial charge in [-0.05, 0) is 36.8 Å². The quantitative estimate of drug-likeness (QED) is 0.422. The average molecular weight is 397 g/mol. The van der Waals surface area contributed by atoms with Crippen LogP contribution in [0.2, 0.25) is 0 Å². The second kappa shape index (κ2) is 7.08. The molecule has 5 rings (SSSR count). The first-order chi connectivity index (χ1) is 14.6. The van der Waals surface area contributed by atoms with E-state index in [1.165, 1.54) is 16.7 Å². The highest BCUT2D eigenvalue weighted by Gasteiger charge is 2.18. The number of nitrogens with zero attached hydrogens (tertiary/aromatic N) is 3. The van der Waals surface area contributed by atoms with Crippen LogP contribution in [-0.4, -0.2) is 14.7 Å². The highest BCUT2D eigenvalue weighted by atomic mass is 19.1. The molecule has 0 N–H and O–H groups in total. The molecule has 2 heterocycles. The number of hydrogen-bond donors (Lipinski definition) is 0. The standard InChI is InChI=1S/C24H16FN3O2/c1-15-7-2-3-10-18(15)22-26-23(30-27-22)21-14-28(17-9-6-8-16(25)13-17)24(29)20-12-5-4-11-19(20)21/h2-14H,1H3. The van der Waals surface area contributed by atoms with Crippen LogP contribution in [0.25, 0.3) is 39.3 Å². The number of aromatic nitrogens is 3. The first-order valence-electron chi connectivity index (χ1n) is 9.42. The summed E-state index contributed by atoms with van der Waals surface area (Å²) >= 11 is 0. The molecule has 0 atom stereocenters. The molecule has 0 amide bonds. The molecule has 146 valence electrons. The number of pyridine rings is 1. The Morgan fingerprint density at radius 1 is 0.900 bits per heavy atom. The number of hydrogen-bond acceptors (Lipinski definition) is 4. The maximum Gasteiger partial charge on any atom is 0.262 e. The van der Waals surface area contributed by atoms with Gasteiger partial charge < -0.3 is 4.52 Å². The van der Waals surface area contributed by atoms with Crippen molar-refractivity contribution in [1.29, 1.82) is 0 Å². The van der Waals surface area contributed by atoms with Crippen LogP contribution in [0.15, 0.2) is 88.3 Å². The van der Waals surface area contributed by atoms with Crippen molar-refractivity contribution in [3.63, 3.8) is 0 Å². The van der Waals surface area contributed by atoms with Crippen LogP contribution in [0.3, 0.4) is 0 Å². The van der Waals surface area contributed by atoms with Gasteiger partial charge in [-0.3, -0.25) is 9.36 Å². The molecule has 0 fully saturated rings. The van der Waals surface area contributed by atoms with Gasteiger partial charge in [0.15, 0.2) is 0 Å². The predicted octanol–water partition coefficient (Wildman–Crippen LogP) is 5.16. The zero-order valence-corrected chi connectivity index (χ0v) is 16.0. The highest BCUT2D eigenvalue weighted by molar-refractivity contribution is 5.94. The third kappa shape index (κ3) is 2.99. The lowest BCUT2D eigenvalue weighted by atomic mass is 10.1. The molecule has 0 aliphatic heterocycles. The van der Waals surface area contributed by atoms with Crippen molar-refractivity contribution in [1.82, 2.24) is 14.7 Å². The lowest BCUT2D eigenvalue weighted by Gasteiger charge is -2.10. The van der Waals surface area contributed by atoms with Gasteiger partial charge in [-0.1, -0.05) is 53.7 Å². The van der Waals surface area contributed by atoms with E-state index in [0.717, 1.165) is 11.1 Å². The molecule has 5 aromatic rings. The average Bonchev–Trinajstić information content (AvgIpc) is 3.24. The number of halogens is 1. The van der Waals surface area contributed by atoms with E-state index in [1.807, 2.05) is 43.3 Å². The molecule has 0 spiro atoms. The van der Waals surface area contributed by atoms with E-state index in [4.69, 9.17) is 4.52 Å². The lowest BCUT2D eigenvalue weighted by Crippen LogP contribution is -2.18. The first kappa shape index (κ1) is 18.0. The number of aryl methyl sites for hydroxylation is 1. The van der Waals surface area contributed by atoms with E-state index in [-0.39, 0.29) is 11.4 Å². The van der Waals surface area contributed by atoms with Crippen LogP contribution in [0, 0.1) is 12.7 Å². The van der Waals surface area contributed by atoms with Gasteiger partial charge in [0.25, 0.3) is 11.4 Å². The topological polar surface area (TPSA) is 60.9 Å². The molecule has 0 aliphatic carbocycles. The van der Waals surface area contributed by atoms with Gasteiger partial charge in [0.2, 0.25) is 5.82 Å². The summed E-state index contributed by atoms with van der Waals surface area (Å²) < 4.78 is 20.8. The van der Waals surface area contributed by atoms with Crippen molar-refractivity contribution in [2.45, 2.75) is 6.92 Å². The predicted molar refractivity (Wildman–Crippen MR) is 113 cm³/mol. The highest BCUT2D eigenvalue weighted by Crippen LogP contribution is 2.29. The van der Waals surface area contributed by atoms with Crippen LogP contribution in [0.5, 0.6) is 0 Å². The van der Waals surface area contributed by atoms with Crippen LogP contribution in [-0.2, 0) is 0 Å². The van der Waals surface area contributed by atoms with E-state index in [1.54, 1.807) is 30.5 Å². The summed E-state index contributed by atoms with van der Waals surface area (Å²) in [5, 5.41) is 5.31. The SMILES string of the molecule is Cc1ccccc1-c1noc(-c2cn(-c3cccc(F)c3)c(=O)c3ccccc23)n1. The number of fused-ring (bicyclic) bond motifs is 1. The molecule has 0 radical (unpaired) electrons. The van der Waals surface area contributed by atoms with E-state index in [9.17, 15) is 9.18 Å². The summed E-state index contributed by atoms with van der Waals surface area (Å²) in [6, 6.07) is 20.8. The molecule has 3 aromatic carbocycles. The fourth-order valence-corrected chi connectivity index (χ4v) is 3.55. The smallest absolute Gasteiger partial charge is 0.262 e. The summed E-state index contributed by atoms with van der Waals surface area (Å²) in [6.07, 6.45) is 1.62. The van der Waals surface area contributed by atoms with Crippen molar-refractivity contribution in [2.24, 2.45) is 0 Å². The van der Waals surface area contributed by atoms with E-state index < -0.39 is 5.82 Å². The number of benzene rings is 3. The molecular weight excluding hydrogens is 381 g/mol. The molecule has 6 heteroatoms. The van der Waals surface area contributed by atoms with Gasteiger partial charge >= 0.3 is 0 Å². The maximum atomic E-state index is 13.8. The fourth-order valence-electron chi connectivity index (χ4n) is 3.55. The van der Waals surface area contributed by atoms with Gasteiger partial charge in [-0.25, -0.2) is 4.39 Å². The van der Waals surface area contributed by atoms with Gasteiger partial charge in [0, 0.05) is 22.5 Å². The number of rotatable bonds is 3. The second-order valence-corrected chi connectivity index (χ2v) is 6.98. The van der Waals surface area contributed by atoms with Crippen molar-refractivity contribution in [2.75, 3.05) is 0 Å². The zero-order valence-electron chi connectivity index (χ0n) is 16.0. The molecule has 0 bridgehead atoms. The largest absolute Gasteiger partial charge is 0.334 e. The minimum absolute atomic E-state index is 0.251. The molecule has 5 nitrogen and oxygen atoms in total. The van der Waals surface area contributed by atoms with Crippen LogP contribution in [0.4, 0.5) is 4.39 Å². The van der Waals surface area contributed by atoms with Crippen molar-refractivity contribution >= 4 is 10.8 Å². The van der Waals surface area contributed by atoms with E-state index in [2.05, 4.69) is 10.1 Å². The van der Waals surface area contributed by atoms with E-state index >= 15 is 0 Å². The Morgan fingerprint density at radius 2 is 1.67 bits per heavy atom. The summed E-state index contributed by atoms with van der Waals surface area (Å²) in [4.78, 5) is 17.6. The van der Waals surface area contributed by atoms with Crippen molar-refractivity contribution < 1.29 is 8.91 Å². The summed E-state index contributed by atoms with van der Waals surface area (Å²) in [6.45, 7) is 1.98. The minimum atomic E-state index is -0.422. The Kier molecular flexibility index (Phi) is 4.25. The van der Waals surface area contributed by atoms with Crippen molar-refractivity contribution in [3.05, 3.63) is 101 Å². The maximum absolute atomic E-state index is 13.8. The Balaban J connectivity index is 1.75. The zero-order chi connectivity index (χ0) is 20.7. The third-order valence-corrected chi connectivity index (χ3v) is 5.05. The first-order valence-corrected chi connectivity index (χ1v) is 9.42. The fraction of sp³-hybridized carbons (Fsp3) is 0.0417. The molecule has 0 unspecified atom stereocenters. The minimum Gasteiger partial charge on any atom is -0.334 e. The monoisotopic (exact) mass is 397 g/mol. The molecule has 2 aromatic heterocycles. The Labute approximate surface area is 171 Å². The van der Waals surface area contributed by atoms with Crippen LogP contribution >= 0.6 is 0 Å². The molecular formula is C24H16FN3O2. The van der Waals surface area contributed by atoms with Gasteiger partial charge in [0.1, 0.15) is 5.82 Å². The molecule has 0 saturated heterocycles. The van der Waals surface area contributed by atoms with Gasteiger partial charge in [-0.15, -0.1) is 0 Å². The van der Waals surface area contributed by atoms with Crippen molar-refractivity contribution in [3.8, 4) is 28.5 Å². The molecule has 0 aliphatic rings. The Morgan fingerprint density at radius 3 is 2.47 bits per heavy atom.